The molecule has 7 nitrogen and oxygen atoms in total. The Kier molecular flexibility index (Phi) is 4.66. The predicted molar refractivity (Wildman–Crippen MR) is 83.8 cm³/mol. The van der Waals surface area contributed by atoms with Gasteiger partial charge < -0.3 is 19.4 Å². The lowest BCUT2D eigenvalue weighted by molar-refractivity contribution is 0.00392. The first-order valence-electron chi connectivity index (χ1n) is 7.85. The predicted octanol–water partition coefficient (Wildman–Crippen LogP) is 1.86. The van der Waals surface area contributed by atoms with Crippen LogP contribution in [0.2, 0.25) is 0 Å². The zero-order valence-electron chi connectivity index (χ0n) is 13.5. The zero-order valence-corrected chi connectivity index (χ0v) is 13.5. The van der Waals surface area contributed by atoms with E-state index < -0.39 is 0 Å². The number of carbonyl (C=O) groups excluding carboxylic acids is 1. The average Bonchev–Trinajstić information content (AvgIpc) is 3.21. The Hall–Kier alpha value is -2.28. The summed E-state index contributed by atoms with van der Waals surface area (Å²) in [6, 6.07) is 3.59. The molecule has 0 aromatic carbocycles. The molecule has 7 heteroatoms. The van der Waals surface area contributed by atoms with E-state index in [9.17, 15) is 4.79 Å². The molecule has 3 rings (SSSR count). The number of furan rings is 1. The summed E-state index contributed by atoms with van der Waals surface area (Å²) in [7, 11) is 1.85. The molecule has 1 aliphatic heterocycles. The molecule has 1 saturated heterocycles. The molecule has 2 aromatic rings. The van der Waals surface area contributed by atoms with E-state index in [4.69, 9.17) is 9.15 Å². The first-order chi connectivity index (χ1) is 11.2. The number of rotatable bonds is 4. The minimum absolute atomic E-state index is 0.114. The van der Waals surface area contributed by atoms with Gasteiger partial charge in [-0.15, -0.1) is 0 Å². The normalized spacial score (nSPS) is 18.2. The Morgan fingerprint density at radius 3 is 3.04 bits per heavy atom. The number of ether oxygens (including phenoxy) is 1. The summed E-state index contributed by atoms with van der Waals surface area (Å²) in [5.74, 6) is 1.69. The van der Waals surface area contributed by atoms with Gasteiger partial charge in [-0.05, 0) is 12.1 Å². The van der Waals surface area contributed by atoms with Gasteiger partial charge in [0.1, 0.15) is 17.6 Å². The summed E-state index contributed by atoms with van der Waals surface area (Å²) in [6.07, 6.45) is 4.47. The third kappa shape index (κ3) is 3.56. The third-order valence-electron chi connectivity index (χ3n) is 3.95. The van der Waals surface area contributed by atoms with Crippen molar-refractivity contribution >= 4 is 6.03 Å². The van der Waals surface area contributed by atoms with Gasteiger partial charge in [0.25, 0.3) is 0 Å². The van der Waals surface area contributed by atoms with Crippen LogP contribution >= 0.6 is 0 Å². The van der Waals surface area contributed by atoms with Crippen LogP contribution in [0.1, 0.15) is 30.0 Å². The maximum atomic E-state index is 12.5. The number of nitrogens with one attached hydrogen (secondary N) is 1. The summed E-state index contributed by atoms with van der Waals surface area (Å²) in [6.45, 7) is 4.04. The molecule has 3 heterocycles. The van der Waals surface area contributed by atoms with Gasteiger partial charge in [0.15, 0.2) is 0 Å². The summed E-state index contributed by atoms with van der Waals surface area (Å²) < 4.78 is 13.1. The molecule has 2 amide bonds. The topological polar surface area (TPSA) is 72.5 Å². The molecule has 0 radical (unpaired) electrons. The molecule has 0 bridgehead atoms. The molecule has 0 unspecified atom stereocenters. The SMILES string of the molecule is CCc1ccc([C@H]2COCCN2C(=O)NCc2cnn(C)c2)o1. The van der Waals surface area contributed by atoms with Crippen molar-refractivity contribution < 1.29 is 13.9 Å². The van der Waals surface area contributed by atoms with Crippen molar-refractivity contribution in [2.75, 3.05) is 19.8 Å². The number of hydrogen-bond acceptors (Lipinski definition) is 4. The van der Waals surface area contributed by atoms with E-state index in [0.29, 0.717) is 26.3 Å². The molecular weight excluding hydrogens is 296 g/mol. The van der Waals surface area contributed by atoms with Gasteiger partial charge in [0.05, 0.1) is 19.4 Å². The first-order valence-corrected chi connectivity index (χ1v) is 7.85. The molecule has 23 heavy (non-hydrogen) atoms. The summed E-state index contributed by atoms with van der Waals surface area (Å²) in [4.78, 5) is 14.3. The van der Waals surface area contributed by atoms with E-state index in [0.717, 1.165) is 23.5 Å². The van der Waals surface area contributed by atoms with E-state index >= 15 is 0 Å². The molecule has 124 valence electrons. The van der Waals surface area contributed by atoms with Gasteiger partial charge in [0.2, 0.25) is 0 Å². The van der Waals surface area contributed by atoms with Crippen molar-refractivity contribution in [1.82, 2.24) is 20.0 Å². The second kappa shape index (κ2) is 6.87. The third-order valence-corrected chi connectivity index (χ3v) is 3.95. The molecule has 0 aliphatic carbocycles. The lowest BCUT2D eigenvalue weighted by atomic mass is 10.2. The number of carbonyl (C=O) groups is 1. The van der Waals surface area contributed by atoms with Crippen molar-refractivity contribution in [3.63, 3.8) is 0 Å². The van der Waals surface area contributed by atoms with Crippen LogP contribution in [0.15, 0.2) is 28.9 Å². The Bertz CT molecular complexity index is 664. The number of nitrogens with zero attached hydrogens (tertiary/aromatic N) is 3. The molecule has 0 saturated carbocycles. The van der Waals surface area contributed by atoms with Crippen molar-refractivity contribution in [1.29, 1.82) is 0 Å². The summed E-state index contributed by atoms with van der Waals surface area (Å²) in [5.41, 5.74) is 0.969. The highest BCUT2D eigenvalue weighted by Crippen LogP contribution is 2.26. The maximum absolute atomic E-state index is 12.5. The van der Waals surface area contributed by atoms with E-state index in [-0.39, 0.29) is 12.1 Å². The Morgan fingerprint density at radius 1 is 1.48 bits per heavy atom. The monoisotopic (exact) mass is 318 g/mol. The van der Waals surface area contributed by atoms with Crippen LogP contribution in [0.4, 0.5) is 4.79 Å². The van der Waals surface area contributed by atoms with Gasteiger partial charge >= 0.3 is 6.03 Å². The smallest absolute Gasteiger partial charge is 0.318 e. The molecular formula is C16H22N4O3. The second-order valence-electron chi connectivity index (χ2n) is 5.62. The van der Waals surface area contributed by atoms with Crippen LogP contribution < -0.4 is 5.32 Å². The van der Waals surface area contributed by atoms with Crippen LogP contribution in [-0.4, -0.2) is 40.5 Å². The van der Waals surface area contributed by atoms with Crippen LogP contribution in [0.25, 0.3) is 0 Å². The fraction of sp³-hybridized carbons (Fsp3) is 0.500. The molecule has 1 aliphatic rings. The van der Waals surface area contributed by atoms with E-state index in [1.54, 1.807) is 15.8 Å². The zero-order chi connectivity index (χ0) is 16.2. The minimum atomic E-state index is -0.182. The largest absolute Gasteiger partial charge is 0.464 e. The van der Waals surface area contributed by atoms with Crippen molar-refractivity contribution in [2.24, 2.45) is 7.05 Å². The quantitative estimate of drug-likeness (QED) is 0.934. The van der Waals surface area contributed by atoms with Gasteiger partial charge in [-0.2, -0.15) is 5.10 Å². The Balaban J connectivity index is 1.66. The number of aromatic nitrogens is 2. The van der Waals surface area contributed by atoms with Gasteiger partial charge in [0, 0.05) is 38.3 Å². The highest BCUT2D eigenvalue weighted by atomic mass is 16.5. The van der Waals surface area contributed by atoms with Crippen LogP contribution in [0.5, 0.6) is 0 Å². The molecule has 2 aromatic heterocycles. The first kappa shape index (κ1) is 15.6. The van der Waals surface area contributed by atoms with E-state index in [1.807, 2.05) is 32.3 Å². The maximum Gasteiger partial charge on any atom is 0.318 e. The van der Waals surface area contributed by atoms with Gasteiger partial charge in [-0.1, -0.05) is 6.92 Å². The molecule has 1 N–H and O–H groups in total. The standard InChI is InChI=1S/C16H22N4O3/c1-3-13-4-5-15(23-13)14-11-22-7-6-20(14)16(21)17-8-12-9-18-19(2)10-12/h4-5,9-10,14H,3,6-8,11H2,1-2H3,(H,17,21)/t14-/m1/s1. The lowest BCUT2D eigenvalue weighted by Gasteiger charge is -2.34. The van der Waals surface area contributed by atoms with Crippen molar-refractivity contribution in [3.8, 4) is 0 Å². The number of amides is 2. The minimum Gasteiger partial charge on any atom is -0.464 e. The Morgan fingerprint density at radius 2 is 2.35 bits per heavy atom. The van der Waals surface area contributed by atoms with Crippen molar-refractivity contribution in [3.05, 3.63) is 41.6 Å². The summed E-state index contributed by atoms with van der Waals surface area (Å²) >= 11 is 0. The van der Waals surface area contributed by atoms with Crippen LogP contribution in [-0.2, 0) is 24.8 Å². The number of hydrogen-bond donors (Lipinski definition) is 1. The summed E-state index contributed by atoms with van der Waals surface area (Å²) in [5, 5.41) is 7.04. The van der Waals surface area contributed by atoms with Gasteiger partial charge in [-0.3, -0.25) is 4.68 Å². The molecule has 0 spiro atoms. The molecule has 1 fully saturated rings. The fourth-order valence-electron chi connectivity index (χ4n) is 2.69. The van der Waals surface area contributed by atoms with Gasteiger partial charge in [-0.25, -0.2) is 4.79 Å². The van der Waals surface area contributed by atoms with Crippen LogP contribution in [0, 0.1) is 0 Å². The second-order valence-corrected chi connectivity index (χ2v) is 5.62. The fourth-order valence-corrected chi connectivity index (χ4v) is 2.69. The van der Waals surface area contributed by atoms with Crippen molar-refractivity contribution in [2.45, 2.75) is 25.9 Å². The van der Waals surface area contributed by atoms with Crippen LogP contribution in [0.3, 0.4) is 0 Å². The lowest BCUT2D eigenvalue weighted by Crippen LogP contribution is -2.47. The van der Waals surface area contributed by atoms with E-state index in [1.165, 1.54) is 0 Å². The number of morpholine rings is 1. The highest BCUT2D eigenvalue weighted by molar-refractivity contribution is 5.74. The number of urea groups is 1. The Labute approximate surface area is 135 Å². The number of aryl methyl sites for hydroxylation is 2. The highest BCUT2D eigenvalue weighted by Gasteiger charge is 2.30. The van der Waals surface area contributed by atoms with E-state index in [2.05, 4.69) is 10.4 Å². The molecule has 1 atom stereocenters. The average molecular weight is 318 g/mol.